The fourth-order valence-electron chi connectivity index (χ4n) is 3.01. The van der Waals surface area contributed by atoms with Crippen molar-refractivity contribution in [1.82, 2.24) is 9.88 Å². The third kappa shape index (κ3) is 4.25. The lowest BCUT2D eigenvalue weighted by Gasteiger charge is -2.17. The molecule has 150 valence electrons. The van der Waals surface area contributed by atoms with E-state index in [0.29, 0.717) is 45.4 Å². The highest BCUT2D eigenvalue weighted by Crippen LogP contribution is 2.33. The number of likely N-dealkylation sites (N-methyl/N-ethyl adjacent to an activating group) is 1. The summed E-state index contributed by atoms with van der Waals surface area (Å²) in [5, 5.41) is 9.64. The first kappa shape index (κ1) is 20.4. The maximum absolute atomic E-state index is 14.5. The molecule has 1 heterocycles. The van der Waals surface area contributed by atoms with Crippen molar-refractivity contribution in [3.63, 3.8) is 0 Å². The number of pyridine rings is 1. The number of carbonyl (C=O) groups is 2. The van der Waals surface area contributed by atoms with Crippen LogP contribution in [0.1, 0.15) is 21.5 Å². The van der Waals surface area contributed by atoms with E-state index in [1.807, 2.05) is 0 Å². The number of benzene rings is 2. The summed E-state index contributed by atoms with van der Waals surface area (Å²) < 4.78 is 20.4. The molecule has 2 aromatic carbocycles. The van der Waals surface area contributed by atoms with Crippen LogP contribution in [0.4, 0.5) is 4.39 Å². The number of aliphatic hydroxyl groups excluding tert-OH is 1. The van der Waals surface area contributed by atoms with Crippen molar-refractivity contribution in [2.24, 2.45) is 0 Å². The second kappa shape index (κ2) is 8.79. The zero-order valence-corrected chi connectivity index (χ0v) is 16.2. The first-order valence-corrected chi connectivity index (χ1v) is 9.10. The van der Waals surface area contributed by atoms with Crippen LogP contribution in [0.15, 0.2) is 42.6 Å². The molecule has 29 heavy (non-hydrogen) atoms. The van der Waals surface area contributed by atoms with Gasteiger partial charge in [-0.15, -0.1) is 0 Å². The van der Waals surface area contributed by atoms with Crippen molar-refractivity contribution in [3.8, 4) is 11.5 Å². The van der Waals surface area contributed by atoms with Gasteiger partial charge in [-0.25, -0.2) is 4.39 Å². The van der Waals surface area contributed by atoms with E-state index in [-0.39, 0.29) is 25.5 Å². The van der Waals surface area contributed by atoms with Gasteiger partial charge >= 0.3 is 0 Å². The van der Waals surface area contributed by atoms with Crippen molar-refractivity contribution in [2.45, 2.75) is 13.3 Å². The summed E-state index contributed by atoms with van der Waals surface area (Å²) in [7, 11) is 1.61. The van der Waals surface area contributed by atoms with E-state index in [0.717, 1.165) is 0 Å². The van der Waals surface area contributed by atoms with Crippen molar-refractivity contribution < 1.29 is 23.8 Å². The van der Waals surface area contributed by atoms with Crippen molar-refractivity contribution in [3.05, 3.63) is 65.1 Å². The highest BCUT2D eigenvalue weighted by molar-refractivity contribution is 5.99. The lowest BCUT2D eigenvalue weighted by molar-refractivity contribution is -0.107. The highest BCUT2D eigenvalue weighted by Gasteiger charge is 2.15. The van der Waals surface area contributed by atoms with Crippen LogP contribution in [0.25, 0.3) is 10.9 Å². The van der Waals surface area contributed by atoms with E-state index >= 15 is 0 Å². The van der Waals surface area contributed by atoms with Crippen LogP contribution in [-0.4, -0.2) is 47.4 Å². The van der Waals surface area contributed by atoms with Crippen molar-refractivity contribution >= 4 is 23.1 Å². The zero-order valence-electron chi connectivity index (χ0n) is 16.2. The molecule has 0 atom stereocenters. The van der Waals surface area contributed by atoms with E-state index in [2.05, 4.69) is 4.98 Å². The number of fused-ring (bicyclic) bond motifs is 1. The molecule has 0 spiro atoms. The van der Waals surface area contributed by atoms with Gasteiger partial charge in [-0.05, 0) is 42.8 Å². The Bertz CT molecular complexity index is 1070. The molecule has 0 saturated carbocycles. The molecule has 0 aliphatic rings. The summed E-state index contributed by atoms with van der Waals surface area (Å²) in [5.41, 5.74) is 1.66. The van der Waals surface area contributed by atoms with E-state index in [9.17, 15) is 14.0 Å². The van der Waals surface area contributed by atoms with Crippen LogP contribution in [0.3, 0.4) is 0 Å². The van der Waals surface area contributed by atoms with Crippen LogP contribution in [0.2, 0.25) is 0 Å². The Morgan fingerprint density at radius 3 is 2.76 bits per heavy atom. The first-order valence-electron chi connectivity index (χ1n) is 9.10. The van der Waals surface area contributed by atoms with Gasteiger partial charge < -0.3 is 19.5 Å². The lowest BCUT2D eigenvalue weighted by Crippen LogP contribution is -2.29. The maximum Gasteiger partial charge on any atom is 0.253 e. The predicted octanol–water partition coefficient (Wildman–Crippen LogP) is 3.28. The maximum atomic E-state index is 14.5. The number of amides is 1. The van der Waals surface area contributed by atoms with E-state index in [4.69, 9.17) is 9.84 Å². The topological polar surface area (TPSA) is 79.7 Å². The van der Waals surface area contributed by atoms with Crippen molar-refractivity contribution in [2.75, 3.05) is 20.2 Å². The number of hydrogen-bond acceptors (Lipinski definition) is 5. The smallest absolute Gasteiger partial charge is 0.253 e. The fraction of sp³-hybridized carbons (Fsp3) is 0.227. The molecule has 1 N–H and O–H groups in total. The molecule has 0 radical (unpaired) electrons. The van der Waals surface area contributed by atoms with Gasteiger partial charge in [0.2, 0.25) is 0 Å². The number of nitrogens with zero attached hydrogens (tertiary/aromatic N) is 2. The van der Waals surface area contributed by atoms with E-state index < -0.39 is 5.82 Å². The molecule has 0 bridgehead atoms. The number of carbonyl (C=O) groups excluding carboxylic acids is 2. The normalized spacial score (nSPS) is 10.8. The third-order valence-corrected chi connectivity index (χ3v) is 4.67. The number of halogens is 1. The van der Waals surface area contributed by atoms with Crippen LogP contribution < -0.4 is 4.74 Å². The Kier molecular flexibility index (Phi) is 6.19. The van der Waals surface area contributed by atoms with Gasteiger partial charge in [0.05, 0.1) is 12.1 Å². The zero-order chi connectivity index (χ0) is 21.0. The van der Waals surface area contributed by atoms with Gasteiger partial charge in [-0.3, -0.25) is 9.78 Å². The largest absolute Gasteiger partial charge is 0.456 e. The first-order chi connectivity index (χ1) is 14.0. The molecule has 1 aromatic heterocycles. The minimum atomic E-state index is -0.477. The molecular weight excluding hydrogens is 375 g/mol. The van der Waals surface area contributed by atoms with Gasteiger partial charge in [0.1, 0.15) is 23.6 Å². The Morgan fingerprint density at radius 1 is 1.24 bits per heavy atom. The molecular formula is C22H21FN2O4. The summed E-state index contributed by atoms with van der Waals surface area (Å²) in [6.07, 6.45) is 2.22. The van der Waals surface area contributed by atoms with Gasteiger partial charge in [0.15, 0.2) is 0 Å². The number of hydrogen-bond donors (Lipinski definition) is 1. The minimum absolute atomic E-state index is 0.00201. The number of aromatic nitrogens is 1. The average molecular weight is 396 g/mol. The molecule has 0 aliphatic carbocycles. The van der Waals surface area contributed by atoms with Crippen LogP contribution >= 0.6 is 0 Å². The Morgan fingerprint density at radius 2 is 2.03 bits per heavy atom. The van der Waals surface area contributed by atoms with Crippen LogP contribution in [0, 0.1) is 12.7 Å². The summed E-state index contributed by atoms with van der Waals surface area (Å²) in [4.78, 5) is 28.9. The fourth-order valence-corrected chi connectivity index (χ4v) is 3.01. The summed E-state index contributed by atoms with van der Waals surface area (Å²) in [6.45, 7) is 1.68. The second-order valence-corrected chi connectivity index (χ2v) is 6.63. The van der Waals surface area contributed by atoms with Crippen LogP contribution in [0.5, 0.6) is 11.5 Å². The van der Waals surface area contributed by atoms with Gasteiger partial charge in [-0.2, -0.15) is 0 Å². The van der Waals surface area contributed by atoms with E-state index in [1.165, 1.54) is 11.0 Å². The monoisotopic (exact) mass is 396 g/mol. The number of rotatable bonds is 7. The van der Waals surface area contributed by atoms with Gasteiger partial charge in [0.25, 0.3) is 5.91 Å². The average Bonchev–Trinajstić information content (AvgIpc) is 2.73. The molecule has 1 amide bonds. The molecule has 0 unspecified atom stereocenters. The minimum Gasteiger partial charge on any atom is -0.456 e. The predicted molar refractivity (Wildman–Crippen MR) is 107 cm³/mol. The van der Waals surface area contributed by atoms with Gasteiger partial charge in [-0.1, -0.05) is 6.07 Å². The molecule has 3 rings (SSSR count). The molecule has 0 aliphatic heterocycles. The second-order valence-electron chi connectivity index (χ2n) is 6.63. The molecule has 0 saturated heterocycles. The standard InChI is InChI=1S/C22H21FN2O4/c1-14-19(6-4-15(8-11-26)21(14)23)29-20-7-9-24-18-5-3-16(13-17(18)20)22(28)25(2)10-12-27/h3-7,9,11,13,27H,8,10,12H2,1-2H3. The quantitative estimate of drug-likeness (QED) is 0.620. The molecule has 3 aromatic rings. The third-order valence-electron chi connectivity index (χ3n) is 4.67. The molecule has 7 heteroatoms. The lowest BCUT2D eigenvalue weighted by atomic mass is 10.1. The number of aliphatic hydroxyl groups is 1. The van der Waals surface area contributed by atoms with Gasteiger partial charge in [0, 0.05) is 42.7 Å². The molecule has 0 fully saturated rings. The highest BCUT2D eigenvalue weighted by atomic mass is 19.1. The summed E-state index contributed by atoms with van der Waals surface area (Å²) >= 11 is 0. The summed E-state index contributed by atoms with van der Waals surface area (Å²) in [6, 6.07) is 9.82. The van der Waals surface area contributed by atoms with Crippen LogP contribution in [-0.2, 0) is 11.2 Å². The SMILES string of the molecule is Cc1c(Oc2ccnc3ccc(C(=O)N(C)CCO)cc23)ccc(CC=O)c1F. The Balaban J connectivity index is 2.00. The molecule has 6 nitrogen and oxygen atoms in total. The summed E-state index contributed by atoms with van der Waals surface area (Å²) in [5.74, 6) is 0.0320. The number of aldehydes is 1. The Hall–Kier alpha value is -3.32. The number of ether oxygens (including phenoxy) is 1. The Labute approximate surface area is 167 Å². The van der Waals surface area contributed by atoms with Crippen molar-refractivity contribution in [1.29, 1.82) is 0 Å². The van der Waals surface area contributed by atoms with E-state index in [1.54, 1.807) is 50.5 Å².